The third kappa shape index (κ3) is 5.24. The Bertz CT molecular complexity index is 1090. The largest absolute Gasteiger partial charge is 0.478 e. The smallest absolute Gasteiger partial charge is 0.336 e. The van der Waals surface area contributed by atoms with E-state index in [1.165, 1.54) is 31.3 Å². The van der Waals surface area contributed by atoms with E-state index in [2.05, 4.69) is 4.98 Å². The lowest BCUT2D eigenvalue weighted by Gasteiger charge is -2.33. The van der Waals surface area contributed by atoms with E-state index >= 15 is 0 Å². The molecule has 1 aliphatic rings. The van der Waals surface area contributed by atoms with Crippen LogP contribution in [0.1, 0.15) is 31.8 Å². The number of pyridine rings is 1. The summed E-state index contributed by atoms with van der Waals surface area (Å²) in [4.78, 5) is 31.1. The lowest BCUT2D eigenvalue weighted by atomic mass is 9.91. The first-order valence-electron chi connectivity index (χ1n) is 9.49. The van der Waals surface area contributed by atoms with Crippen LogP contribution in [0.3, 0.4) is 0 Å². The average Bonchev–Trinajstić information content (AvgIpc) is 2.69. The van der Waals surface area contributed by atoms with E-state index in [0.717, 1.165) is 0 Å². The van der Waals surface area contributed by atoms with Gasteiger partial charge in [-0.25, -0.2) is 23.0 Å². The van der Waals surface area contributed by atoms with Crippen molar-refractivity contribution >= 4 is 22.6 Å². The van der Waals surface area contributed by atoms with E-state index in [9.17, 15) is 32.6 Å². The number of hydrogen-bond acceptors (Lipinski definition) is 7. The number of carboxylic acid groups (broad SMARTS) is 2. The van der Waals surface area contributed by atoms with Gasteiger partial charge < -0.3 is 10.2 Å². The Hall–Kier alpha value is -2.89. The van der Waals surface area contributed by atoms with E-state index < -0.39 is 28.6 Å². The zero-order valence-corrected chi connectivity index (χ0v) is 17.6. The van der Waals surface area contributed by atoms with Crippen LogP contribution in [0.2, 0.25) is 0 Å². The zero-order chi connectivity index (χ0) is 22.7. The summed E-state index contributed by atoms with van der Waals surface area (Å²) < 4.78 is 36.4. The molecule has 0 spiro atoms. The molecular formula is C20H22FN3O6S. The van der Waals surface area contributed by atoms with Gasteiger partial charge in [0, 0.05) is 50.0 Å². The standard InChI is InChI=1S/C20H22FN3O6S/c1-12-2-3-14(19(25)26)17(16(12)20(27)28)15-8-13(9-22-18(15)21)10-23-4-6-24(7-5-23)11-31(29)30/h2-3,8-9,31H,4-7,10-11H2,1H3,(H,25,26)(H,27,28). The predicted molar refractivity (Wildman–Crippen MR) is 110 cm³/mol. The number of aromatic carboxylic acids is 2. The average molecular weight is 451 g/mol. The molecule has 1 aromatic heterocycles. The molecule has 0 bridgehead atoms. The highest BCUT2D eigenvalue weighted by Gasteiger charge is 2.25. The number of rotatable bonds is 7. The number of aromatic nitrogens is 1. The summed E-state index contributed by atoms with van der Waals surface area (Å²) in [5.74, 6) is -3.67. The number of benzene rings is 1. The van der Waals surface area contributed by atoms with Gasteiger partial charge in [0.1, 0.15) is 0 Å². The van der Waals surface area contributed by atoms with Crippen molar-refractivity contribution in [1.29, 1.82) is 0 Å². The Morgan fingerprint density at radius 1 is 1.10 bits per heavy atom. The van der Waals surface area contributed by atoms with Gasteiger partial charge in [0.25, 0.3) is 0 Å². The van der Waals surface area contributed by atoms with Gasteiger partial charge in [0.2, 0.25) is 5.95 Å². The number of halogens is 1. The minimum Gasteiger partial charge on any atom is -0.478 e. The molecule has 1 aromatic carbocycles. The quantitative estimate of drug-likeness (QED) is 0.421. The molecule has 2 N–H and O–H groups in total. The van der Waals surface area contributed by atoms with Crippen LogP contribution in [0.15, 0.2) is 24.4 Å². The molecule has 11 heteroatoms. The summed E-state index contributed by atoms with van der Waals surface area (Å²) in [5, 5.41) is 19.2. The molecule has 9 nitrogen and oxygen atoms in total. The molecule has 0 aliphatic carbocycles. The Labute approximate surface area is 179 Å². The van der Waals surface area contributed by atoms with Gasteiger partial charge in [0.05, 0.1) is 17.0 Å². The van der Waals surface area contributed by atoms with Gasteiger partial charge >= 0.3 is 11.9 Å². The summed E-state index contributed by atoms with van der Waals surface area (Å²) >= 11 is 0. The monoisotopic (exact) mass is 451 g/mol. The van der Waals surface area contributed by atoms with Crippen LogP contribution in [0.4, 0.5) is 4.39 Å². The SMILES string of the molecule is Cc1ccc(C(=O)O)c(-c2cc(CN3CCN(C[SH](=O)=O)CC3)cnc2F)c1C(=O)O. The third-order valence-corrected chi connectivity index (χ3v) is 5.84. The van der Waals surface area contributed by atoms with Crippen molar-refractivity contribution in [2.75, 3.05) is 32.1 Å². The lowest BCUT2D eigenvalue weighted by molar-refractivity contribution is 0.0695. The van der Waals surface area contributed by atoms with Gasteiger partial charge in [-0.2, -0.15) is 4.39 Å². The molecular weight excluding hydrogens is 429 g/mol. The third-order valence-electron chi connectivity index (χ3n) is 5.21. The van der Waals surface area contributed by atoms with E-state index in [-0.39, 0.29) is 28.1 Å². The number of carboxylic acids is 2. The van der Waals surface area contributed by atoms with Crippen LogP contribution in [0.25, 0.3) is 11.1 Å². The summed E-state index contributed by atoms with van der Waals surface area (Å²) in [6, 6.07) is 4.06. The fourth-order valence-corrected chi connectivity index (χ4v) is 4.31. The highest BCUT2D eigenvalue weighted by molar-refractivity contribution is 7.72. The first-order chi connectivity index (χ1) is 14.7. The van der Waals surface area contributed by atoms with Gasteiger partial charge in [-0.15, -0.1) is 0 Å². The molecule has 1 saturated heterocycles. The van der Waals surface area contributed by atoms with Crippen molar-refractivity contribution < 1.29 is 32.6 Å². The van der Waals surface area contributed by atoms with Gasteiger partial charge in [-0.1, -0.05) is 6.07 Å². The second-order valence-corrected chi connectivity index (χ2v) is 8.29. The Morgan fingerprint density at radius 3 is 2.32 bits per heavy atom. The molecule has 2 aromatic rings. The van der Waals surface area contributed by atoms with Crippen LogP contribution in [0.5, 0.6) is 0 Å². The van der Waals surface area contributed by atoms with E-state index in [1.807, 2.05) is 9.80 Å². The van der Waals surface area contributed by atoms with Crippen molar-refractivity contribution in [3.05, 3.63) is 52.6 Å². The molecule has 166 valence electrons. The number of piperazine rings is 1. The second kappa shape index (κ2) is 9.50. The minimum absolute atomic E-state index is 0.00864. The molecule has 0 amide bonds. The molecule has 0 atom stereocenters. The van der Waals surface area contributed by atoms with E-state index in [0.29, 0.717) is 43.9 Å². The predicted octanol–water partition coefficient (Wildman–Crippen LogP) is 1.28. The van der Waals surface area contributed by atoms with Crippen LogP contribution in [0, 0.1) is 12.9 Å². The topological polar surface area (TPSA) is 128 Å². The van der Waals surface area contributed by atoms with E-state index in [1.54, 1.807) is 0 Å². The molecule has 0 radical (unpaired) electrons. The number of thiol groups is 1. The normalized spacial score (nSPS) is 15.3. The zero-order valence-electron chi connectivity index (χ0n) is 16.7. The van der Waals surface area contributed by atoms with Crippen LogP contribution in [-0.4, -0.2) is 77.4 Å². The van der Waals surface area contributed by atoms with Crippen molar-refractivity contribution in [3.63, 3.8) is 0 Å². The van der Waals surface area contributed by atoms with Gasteiger partial charge in [-0.3, -0.25) is 9.80 Å². The van der Waals surface area contributed by atoms with Crippen molar-refractivity contribution in [2.45, 2.75) is 13.5 Å². The first-order valence-corrected chi connectivity index (χ1v) is 10.8. The van der Waals surface area contributed by atoms with Gasteiger partial charge in [-0.05, 0) is 30.2 Å². The number of nitrogens with zero attached hydrogens (tertiary/aromatic N) is 3. The molecule has 1 fully saturated rings. The fourth-order valence-electron chi connectivity index (χ4n) is 3.70. The van der Waals surface area contributed by atoms with Crippen LogP contribution < -0.4 is 0 Å². The number of carbonyl (C=O) groups is 2. The summed E-state index contributed by atoms with van der Waals surface area (Å²) in [7, 11) is -2.48. The maximum atomic E-state index is 14.7. The van der Waals surface area contributed by atoms with Gasteiger partial charge in [0.15, 0.2) is 10.7 Å². The second-order valence-electron chi connectivity index (χ2n) is 7.34. The van der Waals surface area contributed by atoms with Crippen molar-refractivity contribution in [2.24, 2.45) is 0 Å². The Balaban J connectivity index is 1.94. The maximum Gasteiger partial charge on any atom is 0.336 e. The van der Waals surface area contributed by atoms with Crippen molar-refractivity contribution in [3.8, 4) is 11.1 Å². The summed E-state index contributed by atoms with van der Waals surface area (Å²) in [5.41, 5.74) is -0.0905. The molecule has 3 rings (SSSR count). The molecule has 1 aliphatic heterocycles. The highest BCUT2D eigenvalue weighted by Crippen LogP contribution is 2.32. The summed E-state index contributed by atoms with van der Waals surface area (Å²) in [6.45, 7) is 4.23. The molecule has 0 saturated carbocycles. The maximum absolute atomic E-state index is 14.7. The fraction of sp³-hybridized carbons (Fsp3) is 0.350. The Morgan fingerprint density at radius 2 is 1.74 bits per heavy atom. The van der Waals surface area contributed by atoms with Crippen LogP contribution >= 0.6 is 0 Å². The number of aryl methyl sites for hydroxylation is 1. The Kier molecular flexibility index (Phi) is 6.98. The minimum atomic E-state index is -2.48. The molecule has 0 unspecified atom stereocenters. The molecule has 31 heavy (non-hydrogen) atoms. The van der Waals surface area contributed by atoms with Crippen molar-refractivity contribution in [1.82, 2.24) is 14.8 Å². The number of hydrogen-bond donors (Lipinski definition) is 3. The first kappa shape index (κ1) is 22.8. The highest BCUT2D eigenvalue weighted by atomic mass is 32.2. The van der Waals surface area contributed by atoms with E-state index in [4.69, 9.17) is 0 Å². The van der Waals surface area contributed by atoms with Crippen LogP contribution in [-0.2, 0) is 17.2 Å². The lowest BCUT2D eigenvalue weighted by Crippen LogP contribution is -2.46. The summed E-state index contributed by atoms with van der Waals surface area (Å²) in [6.07, 6.45) is 1.33. The molecule has 2 heterocycles.